The van der Waals surface area contributed by atoms with E-state index in [2.05, 4.69) is 10.4 Å². The van der Waals surface area contributed by atoms with Gasteiger partial charge in [-0.2, -0.15) is 5.10 Å². The monoisotopic (exact) mass is 249 g/mol. The average Bonchev–Trinajstić information content (AvgIpc) is 2.89. The number of aryl methyl sites for hydroxylation is 1. The molecule has 2 fully saturated rings. The standard InChI is InChI=1S/C13H19N3O2/c1-3-16-8(2)10(7-14-16)13(17)15-11-6-12-9(11)4-5-18-12/h7,9,11-12H,3-6H2,1-2H3,(H,15,17)/t9-,11+,12+/m0/s1. The van der Waals surface area contributed by atoms with E-state index in [-0.39, 0.29) is 11.9 Å². The first-order chi connectivity index (χ1) is 8.70. The molecule has 98 valence electrons. The number of amides is 1. The highest BCUT2D eigenvalue weighted by Crippen LogP contribution is 2.38. The third-order valence-electron chi connectivity index (χ3n) is 4.23. The minimum Gasteiger partial charge on any atom is -0.378 e. The van der Waals surface area contributed by atoms with Gasteiger partial charge in [0.2, 0.25) is 0 Å². The summed E-state index contributed by atoms with van der Waals surface area (Å²) in [6.07, 6.45) is 4.07. The molecule has 2 aliphatic rings. The molecule has 1 aliphatic carbocycles. The van der Waals surface area contributed by atoms with Gasteiger partial charge in [0, 0.05) is 30.8 Å². The molecule has 0 bridgehead atoms. The third-order valence-corrected chi connectivity index (χ3v) is 4.23. The van der Waals surface area contributed by atoms with Crippen LogP contribution in [0, 0.1) is 12.8 Å². The molecule has 5 heteroatoms. The van der Waals surface area contributed by atoms with Crippen LogP contribution in [0.4, 0.5) is 0 Å². The Morgan fingerprint density at radius 3 is 3.17 bits per heavy atom. The molecular formula is C13H19N3O2. The Morgan fingerprint density at radius 1 is 1.67 bits per heavy atom. The van der Waals surface area contributed by atoms with E-state index in [1.54, 1.807) is 6.20 Å². The Hall–Kier alpha value is -1.36. The van der Waals surface area contributed by atoms with Gasteiger partial charge in [-0.1, -0.05) is 0 Å². The van der Waals surface area contributed by atoms with Crippen LogP contribution in [0.2, 0.25) is 0 Å². The minimum absolute atomic E-state index is 0.00236. The Bertz CT molecular complexity index is 469. The molecule has 1 amide bonds. The summed E-state index contributed by atoms with van der Waals surface area (Å²) in [5, 5.41) is 7.31. The van der Waals surface area contributed by atoms with E-state index in [1.807, 2.05) is 18.5 Å². The molecule has 0 spiro atoms. The van der Waals surface area contributed by atoms with Crippen LogP contribution in [0.25, 0.3) is 0 Å². The van der Waals surface area contributed by atoms with E-state index < -0.39 is 0 Å². The Labute approximate surface area is 107 Å². The summed E-state index contributed by atoms with van der Waals surface area (Å²) in [7, 11) is 0. The van der Waals surface area contributed by atoms with Crippen molar-refractivity contribution in [1.82, 2.24) is 15.1 Å². The van der Waals surface area contributed by atoms with Crippen molar-refractivity contribution in [1.29, 1.82) is 0 Å². The third kappa shape index (κ3) is 1.73. The fraction of sp³-hybridized carbons (Fsp3) is 0.692. The van der Waals surface area contributed by atoms with Gasteiger partial charge < -0.3 is 10.1 Å². The van der Waals surface area contributed by atoms with Crippen molar-refractivity contribution in [3.8, 4) is 0 Å². The van der Waals surface area contributed by atoms with Gasteiger partial charge in [-0.25, -0.2) is 0 Å². The van der Waals surface area contributed by atoms with E-state index in [9.17, 15) is 4.79 Å². The summed E-state index contributed by atoms with van der Waals surface area (Å²) in [4.78, 5) is 12.2. The molecule has 3 atom stereocenters. The number of ether oxygens (including phenoxy) is 1. The molecule has 1 aliphatic heterocycles. The number of aromatic nitrogens is 2. The van der Waals surface area contributed by atoms with Crippen LogP contribution in [-0.2, 0) is 11.3 Å². The highest BCUT2D eigenvalue weighted by Gasteiger charge is 2.45. The molecule has 1 aromatic heterocycles. The molecule has 18 heavy (non-hydrogen) atoms. The van der Waals surface area contributed by atoms with Crippen molar-refractivity contribution >= 4 is 5.91 Å². The van der Waals surface area contributed by atoms with Gasteiger partial charge in [0.25, 0.3) is 5.91 Å². The van der Waals surface area contributed by atoms with Gasteiger partial charge in [0.1, 0.15) is 0 Å². The summed E-state index contributed by atoms with van der Waals surface area (Å²) in [5.41, 5.74) is 1.63. The van der Waals surface area contributed by atoms with Crippen molar-refractivity contribution < 1.29 is 9.53 Å². The van der Waals surface area contributed by atoms with Gasteiger partial charge in [-0.15, -0.1) is 0 Å². The van der Waals surface area contributed by atoms with Crippen LogP contribution >= 0.6 is 0 Å². The Balaban J connectivity index is 1.66. The van der Waals surface area contributed by atoms with E-state index in [0.717, 1.165) is 31.7 Å². The van der Waals surface area contributed by atoms with Crippen LogP contribution in [-0.4, -0.2) is 34.4 Å². The summed E-state index contributed by atoms with van der Waals surface area (Å²) in [6.45, 7) is 5.59. The molecule has 1 N–H and O–H groups in total. The number of carbonyl (C=O) groups excluding carboxylic acids is 1. The molecular weight excluding hydrogens is 230 g/mol. The highest BCUT2D eigenvalue weighted by atomic mass is 16.5. The summed E-state index contributed by atoms with van der Waals surface area (Å²) < 4.78 is 7.39. The first kappa shape index (κ1) is 11.7. The van der Waals surface area contributed by atoms with Crippen LogP contribution in [0.1, 0.15) is 35.8 Å². The number of fused-ring (bicyclic) bond motifs is 1. The number of carbonyl (C=O) groups is 1. The molecule has 1 saturated carbocycles. The molecule has 0 aromatic carbocycles. The predicted molar refractivity (Wildman–Crippen MR) is 66.4 cm³/mol. The number of nitrogens with one attached hydrogen (secondary N) is 1. The van der Waals surface area contributed by atoms with E-state index in [0.29, 0.717) is 17.6 Å². The second-order valence-corrected chi connectivity index (χ2v) is 5.14. The van der Waals surface area contributed by atoms with Gasteiger partial charge in [-0.3, -0.25) is 9.48 Å². The number of hydrogen-bond donors (Lipinski definition) is 1. The van der Waals surface area contributed by atoms with Crippen molar-refractivity contribution in [3.63, 3.8) is 0 Å². The van der Waals surface area contributed by atoms with Crippen LogP contribution in [0.15, 0.2) is 6.20 Å². The average molecular weight is 249 g/mol. The van der Waals surface area contributed by atoms with E-state index in [1.165, 1.54) is 0 Å². The normalized spacial score (nSPS) is 29.8. The molecule has 1 saturated heterocycles. The van der Waals surface area contributed by atoms with Crippen molar-refractivity contribution in [2.75, 3.05) is 6.61 Å². The van der Waals surface area contributed by atoms with Crippen LogP contribution < -0.4 is 5.32 Å². The predicted octanol–water partition coefficient (Wildman–Crippen LogP) is 1.12. The number of nitrogens with zero attached hydrogens (tertiary/aromatic N) is 2. The zero-order chi connectivity index (χ0) is 12.7. The zero-order valence-electron chi connectivity index (χ0n) is 10.8. The van der Waals surface area contributed by atoms with Crippen LogP contribution in [0.3, 0.4) is 0 Å². The van der Waals surface area contributed by atoms with E-state index >= 15 is 0 Å². The second kappa shape index (κ2) is 4.39. The topological polar surface area (TPSA) is 56.2 Å². The first-order valence-electron chi connectivity index (χ1n) is 6.65. The second-order valence-electron chi connectivity index (χ2n) is 5.14. The van der Waals surface area contributed by atoms with Gasteiger partial charge in [0.05, 0.1) is 17.9 Å². The molecule has 5 nitrogen and oxygen atoms in total. The number of rotatable bonds is 3. The summed E-state index contributed by atoms with van der Waals surface area (Å²) >= 11 is 0. The largest absolute Gasteiger partial charge is 0.378 e. The Kier molecular flexibility index (Phi) is 2.86. The van der Waals surface area contributed by atoms with Crippen LogP contribution in [0.5, 0.6) is 0 Å². The fourth-order valence-corrected chi connectivity index (χ4v) is 3.00. The van der Waals surface area contributed by atoms with Gasteiger partial charge in [0.15, 0.2) is 0 Å². The van der Waals surface area contributed by atoms with E-state index in [4.69, 9.17) is 4.74 Å². The lowest BCUT2D eigenvalue weighted by Crippen LogP contribution is -2.53. The molecule has 2 heterocycles. The fourth-order valence-electron chi connectivity index (χ4n) is 3.00. The summed E-state index contributed by atoms with van der Waals surface area (Å²) in [6, 6.07) is 0.286. The molecule has 3 rings (SSSR count). The lowest BCUT2D eigenvalue weighted by Gasteiger charge is -2.39. The highest BCUT2D eigenvalue weighted by molar-refractivity contribution is 5.95. The Morgan fingerprint density at radius 2 is 2.50 bits per heavy atom. The number of hydrogen-bond acceptors (Lipinski definition) is 3. The van der Waals surface area contributed by atoms with Gasteiger partial charge in [-0.05, 0) is 26.7 Å². The first-order valence-corrected chi connectivity index (χ1v) is 6.65. The lowest BCUT2D eigenvalue weighted by atomic mass is 9.76. The maximum absolute atomic E-state index is 12.2. The quantitative estimate of drug-likeness (QED) is 0.873. The lowest BCUT2D eigenvalue weighted by molar-refractivity contribution is 0.00809. The van der Waals surface area contributed by atoms with Crippen molar-refractivity contribution in [2.45, 2.75) is 45.4 Å². The SMILES string of the molecule is CCn1ncc(C(=O)N[C@@H]2C[C@H]3OCC[C@@H]23)c1C. The molecule has 1 aromatic rings. The van der Waals surface area contributed by atoms with Gasteiger partial charge >= 0.3 is 0 Å². The summed E-state index contributed by atoms with van der Waals surface area (Å²) in [5.74, 6) is 0.526. The maximum atomic E-state index is 12.2. The molecule has 0 radical (unpaired) electrons. The van der Waals surface area contributed by atoms with Crippen molar-refractivity contribution in [2.24, 2.45) is 5.92 Å². The van der Waals surface area contributed by atoms with Crippen molar-refractivity contribution in [3.05, 3.63) is 17.5 Å². The minimum atomic E-state index is 0.00236. The maximum Gasteiger partial charge on any atom is 0.254 e. The smallest absolute Gasteiger partial charge is 0.254 e. The zero-order valence-corrected chi connectivity index (χ0v) is 10.8. The molecule has 0 unspecified atom stereocenters.